The van der Waals surface area contributed by atoms with Crippen LogP contribution in [0.5, 0.6) is 0 Å². The molecule has 1 aromatic rings. The van der Waals surface area contributed by atoms with Gasteiger partial charge in [-0.25, -0.2) is 0 Å². The molecule has 0 heterocycles. The first-order valence-electron chi connectivity index (χ1n) is 8.99. The molecular weight excluding hydrogens is 420 g/mol. The predicted octanol–water partition coefficient (Wildman–Crippen LogP) is 6.23. The molecule has 0 aliphatic rings. The van der Waals surface area contributed by atoms with Crippen LogP contribution in [0, 0.1) is 10.1 Å². The lowest BCUT2D eigenvalue weighted by Gasteiger charge is -2.24. The van der Waals surface area contributed by atoms with Crippen LogP contribution < -0.4 is 0 Å². The van der Waals surface area contributed by atoms with Crippen LogP contribution in [0.3, 0.4) is 0 Å². The molecule has 0 radical (unpaired) electrons. The van der Waals surface area contributed by atoms with Gasteiger partial charge in [0.2, 0.25) is 0 Å². The van der Waals surface area contributed by atoms with Gasteiger partial charge in [-0.2, -0.15) is 0 Å². The van der Waals surface area contributed by atoms with E-state index in [2.05, 4.69) is 13.2 Å². The second-order valence-electron chi connectivity index (χ2n) is 5.10. The van der Waals surface area contributed by atoms with E-state index in [1.165, 1.54) is 12.1 Å². The van der Waals surface area contributed by atoms with Crippen LogP contribution >= 0.6 is 15.2 Å². The number of hydrogen-bond donors (Lipinski definition) is 0. The van der Waals surface area contributed by atoms with E-state index in [-0.39, 0.29) is 37.2 Å². The Morgan fingerprint density at radius 3 is 1.62 bits per heavy atom. The van der Waals surface area contributed by atoms with E-state index >= 15 is 0 Å². The first kappa shape index (κ1) is 27.4. The molecule has 0 spiro atoms. The molecule has 0 atom stereocenters. The number of hydrogen-bond acceptors (Lipinski definition) is 8. The third-order valence-corrected chi connectivity index (χ3v) is 8.31. The highest BCUT2D eigenvalue weighted by atomic mass is 31.2. The summed E-state index contributed by atoms with van der Waals surface area (Å²) in [5, 5.41) is 10.1. The van der Waals surface area contributed by atoms with Crippen LogP contribution in [0.15, 0.2) is 42.5 Å². The molecule has 0 fully saturated rings. The molecule has 0 N–H and O–H groups in total. The Bertz CT molecular complexity index is 729. The summed E-state index contributed by atoms with van der Waals surface area (Å²) >= 11 is 0. The van der Waals surface area contributed by atoms with Crippen LogP contribution in [0.1, 0.15) is 33.3 Å². The van der Waals surface area contributed by atoms with Crippen molar-refractivity contribution in [3.8, 4) is 0 Å². The Morgan fingerprint density at radius 2 is 1.34 bits per heavy atom. The van der Waals surface area contributed by atoms with E-state index in [9.17, 15) is 19.2 Å². The average Bonchev–Trinajstić information content (AvgIpc) is 2.68. The summed E-state index contributed by atoms with van der Waals surface area (Å²) in [6.07, 6.45) is 1.47. The molecule has 29 heavy (non-hydrogen) atoms. The number of nitrogens with zero attached hydrogens (tertiary/aromatic N) is 1. The number of para-hydroxylation sites is 1. The van der Waals surface area contributed by atoms with Crippen molar-refractivity contribution in [3.63, 3.8) is 0 Å². The fraction of sp³-hybridized carbons (Fsp3) is 0.444. The lowest BCUT2D eigenvalue weighted by atomic mass is 10.2. The minimum absolute atomic E-state index is 0.0995. The summed E-state index contributed by atoms with van der Waals surface area (Å²) in [5.41, 5.74) is 0.653. The Kier molecular flexibility index (Phi) is 12.8. The summed E-state index contributed by atoms with van der Waals surface area (Å²) in [6, 6.07) is 6.48. The van der Waals surface area contributed by atoms with Gasteiger partial charge in [0.1, 0.15) is 5.06 Å². The molecule has 0 saturated carbocycles. The van der Waals surface area contributed by atoms with E-state index in [1.54, 1.807) is 45.9 Å². The molecule has 164 valence electrons. The maximum absolute atomic E-state index is 12.4. The second kappa shape index (κ2) is 13.6. The van der Waals surface area contributed by atoms with Crippen LogP contribution in [-0.2, 0) is 27.2 Å². The normalized spacial score (nSPS) is 11.3. The van der Waals surface area contributed by atoms with Crippen LogP contribution in [-0.4, -0.2) is 31.4 Å². The topological polar surface area (TPSA) is 114 Å². The minimum atomic E-state index is -3.70. The monoisotopic (exact) mass is 449 g/mol. The van der Waals surface area contributed by atoms with Crippen molar-refractivity contribution < 1.29 is 32.1 Å². The molecule has 0 unspecified atom stereocenters. The van der Waals surface area contributed by atoms with Gasteiger partial charge in [-0.15, -0.1) is 0 Å². The Hall–Kier alpha value is -1.60. The van der Waals surface area contributed by atoms with Crippen LogP contribution in [0.4, 0.5) is 5.69 Å². The van der Waals surface area contributed by atoms with Crippen molar-refractivity contribution in [2.75, 3.05) is 26.4 Å². The van der Waals surface area contributed by atoms with Crippen molar-refractivity contribution in [1.29, 1.82) is 0 Å². The zero-order chi connectivity index (χ0) is 22.5. The van der Waals surface area contributed by atoms with Gasteiger partial charge in [-0.3, -0.25) is 19.2 Å². The van der Waals surface area contributed by atoms with Gasteiger partial charge >= 0.3 is 15.2 Å². The zero-order valence-corrected chi connectivity index (χ0v) is 19.0. The second-order valence-corrected chi connectivity index (χ2v) is 9.56. The maximum Gasteiger partial charge on any atom is 0.368 e. The highest BCUT2D eigenvalue weighted by Gasteiger charge is 2.43. The lowest BCUT2D eigenvalue weighted by molar-refractivity contribution is -0.385. The molecule has 0 bridgehead atoms. The van der Waals surface area contributed by atoms with Crippen molar-refractivity contribution in [2.45, 2.75) is 27.7 Å². The number of benzene rings is 1. The molecule has 9 nitrogen and oxygen atoms in total. The zero-order valence-electron chi connectivity index (χ0n) is 17.2. The van der Waals surface area contributed by atoms with Gasteiger partial charge in [-0.05, 0) is 33.8 Å². The summed E-state index contributed by atoms with van der Waals surface area (Å²) in [5.74, 6) is 0. The standard InChI is InChI=1S/C10H22O6P2.C8H7NO2/c1-6-13-17(11,14-7-2)10(5)18(12,15-8-3)16-9-4;1-2-7-5-3-4-6-8(7)9(10)11/h5-9H2,1-4H3;2-6H,1H2. The average molecular weight is 449 g/mol. The Labute approximate surface area is 171 Å². The van der Waals surface area contributed by atoms with Gasteiger partial charge < -0.3 is 18.1 Å². The highest BCUT2D eigenvalue weighted by molar-refractivity contribution is 7.78. The fourth-order valence-corrected chi connectivity index (χ4v) is 6.03. The Morgan fingerprint density at radius 1 is 0.966 bits per heavy atom. The van der Waals surface area contributed by atoms with Crippen molar-refractivity contribution in [3.05, 3.63) is 58.2 Å². The SMILES string of the molecule is C=C(P(=O)(OCC)OCC)P(=O)(OCC)OCC.C=Cc1ccccc1[N+](=O)[O-]. The summed E-state index contributed by atoms with van der Waals surface area (Å²) in [7, 11) is -7.40. The minimum Gasteiger partial charge on any atom is -0.305 e. The predicted molar refractivity (Wildman–Crippen MR) is 114 cm³/mol. The van der Waals surface area contributed by atoms with Crippen molar-refractivity contribution >= 4 is 27.0 Å². The van der Waals surface area contributed by atoms with Gasteiger partial charge in [0, 0.05) is 6.07 Å². The smallest absolute Gasteiger partial charge is 0.305 e. The van der Waals surface area contributed by atoms with Crippen LogP contribution in [0.25, 0.3) is 6.08 Å². The van der Waals surface area contributed by atoms with Gasteiger partial charge in [0.05, 0.1) is 36.9 Å². The van der Waals surface area contributed by atoms with Gasteiger partial charge in [-0.1, -0.05) is 31.4 Å². The molecule has 0 saturated heterocycles. The van der Waals surface area contributed by atoms with E-state index < -0.39 is 20.1 Å². The van der Waals surface area contributed by atoms with E-state index in [0.717, 1.165) is 0 Å². The van der Waals surface area contributed by atoms with E-state index in [1.807, 2.05) is 0 Å². The number of nitro groups is 1. The van der Waals surface area contributed by atoms with Crippen LogP contribution in [0.2, 0.25) is 0 Å². The quantitative estimate of drug-likeness (QED) is 0.210. The molecule has 11 heteroatoms. The summed E-state index contributed by atoms with van der Waals surface area (Å²) in [4.78, 5) is 9.92. The molecule has 0 aliphatic carbocycles. The summed E-state index contributed by atoms with van der Waals surface area (Å²) in [6.45, 7) is 14.2. The van der Waals surface area contributed by atoms with Crippen molar-refractivity contribution in [1.82, 2.24) is 0 Å². The molecule has 1 rings (SSSR count). The third-order valence-electron chi connectivity index (χ3n) is 3.18. The van der Waals surface area contributed by atoms with Gasteiger partial charge in [0.25, 0.3) is 5.69 Å². The molecule has 0 amide bonds. The summed E-state index contributed by atoms with van der Waals surface area (Å²) < 4.78 is 45.2. The Balaban J connectivity index is 0.000000604. The molecule has 0 aliphatic heterocycles. The van der Waals surface area contributed by atoms with E-state index in [0.29, 0.717) is 5.56 Å². The fourth-order valence-electron chi connectivity index (χ4n) is 2.03. The first-order valence-corrected chi connectivity index (χ1v) is 12.1. The highest BCUT2D eigenvalue weighted by Crippen LogP contribution is 2.73. The third kappa shape index (κ3) is 8.34. The van der Waals surface area contributed by atoms with Gasteiger partial charge in [0.15, 0.2) is 0 Å². The van der Waals surface area contributed by atoms with Crippen molar-refractivity contribution in [2.24, 2.45) is 0 Å². The molecule has 0 aromatic heterocycles. The first-order chi connectivity index (χ1) is 13.7. The largest absolute Gasteiger partial charge is 0.368 e. The number of nitro benzene ring substituents is 1. The molecule has 1 aromatic carbocycles. The lowest BCUT2D eigenvalue weighted by Crippen LogP contribution is -2.03. The number of rotatable bonds is 12. The molecular formula is C18H29NO8P2. The maximum atomic E-state index is 12.4. The van der Waals surface area contributed by atoms with E-state index in [4.69, 9.17) is 18.1 Å².